The van der Waals surface area contributed by atoms with E-state index in [1.54, 1.807) is 0 Å². The van der Waals surface area contributed by atoms with Gasteiger partial charge >= 0.3 is 6.18 Å². The number of benzene rings is 2. The fourth-order valence-corrected chi connectivity index (χ4v) is 3.01. The summed E-state index contributed by atoms with van der Waals surface area (Å²) < 4.78 is 39.5. The molecule has 0 unspecified atom stereocenters. The lowest BCUT2D eigenvalue weighted by Gasteiger charge is -2.13. The number of nitrogens with zero attached hydrogens (tertiary/aromatic N) is 3. The highest BCUT2D eigenvalue weighted by atomic mass is 32.1. The zero-order valence-corrected chi connectivity index (χ0v) is 13.8. The first-order chi connectivity index (χ1) is 12.3. The maximum absolute atomic E-state index is 13.2. The van der Waals surface area contributed by atoms with Crippen molar-refractivity contribution in [3.05, 3.63) is 69.2 Å². The molecule has 0 fully saturated rings. The number of hydrogen-bond donors (Lipinski definition) is 1. The van der Waals surface area contributed by atoms with Crippen molar-refractivity contribution >= 4 is 22.7 Å². The van der Waals surface area contributed by atoms with Crippen molar-refractivity contribution in [3.8, 4) is 10.6 Å². The van der Waals surface area contributed by atoms with Crippen molar-refractivity contribution in [2.45, 2.75) is 12.7 Å². The third kappa shape index (κ3) is 3.97. The van der Waals surface area contributed by atoms with Gasteiger partial charge < -0.3 is 5.32 Å². The van der Waals surface area contributed by atoms with Crippen LogP contribution < -0.4 is 5.32 Å². The van der Waals surface area contributed by atoms with Crippen LogP contribution in [0.4, 0.5) is 24.5 Å². The number of aromatic nitrogens is 2. The highest BCUT2D eigenvalue weighted by Crippen LogP contribution is 2.37. The number of halogens is 3. The highest BCUT2D eigenvalue weighted by Gasteiger charge is 2.35. The van der Waals surface area contributed by atoms with Crippen LogP contribution in [0.1, 0.15) is 10.6 Å². The molecule has 0 radical (unpaired) electrons. The lowest BCUT2D eigenvalue weighted by molar-refractivity contribution is -0.385. The van der Waals surface area contributed by atoms with E-state index in [4.69, 9.17) is 0 Å². The number of non-ortho nitro benzene ring substituents is 1. The molecule has 0 aliphatic rings. The van der Waals surface area contributed by atoms with E-state index in [9.17, 15) is 23.3 Å². The van der Waals surface area contributed by atoms with Gasteiger partial charge in [-0.15, -0.1) is 10.2 Å². The maximum atomic E-state index is 13.2. The van der Waals surface area contributed by atoms with Crippen LogP contribution in [0.25, 0.3) is 10.6 Å². The highest BCUT2D eigenvalue weighted by molar-refractivity contribution is 7.14. The smallest absolute Gasteiger partial charge is 0.378 e. The van der Waals surface area contributed by atoms with E-state index in [0.717, 1.165) is 17.7 Å². The first-order valence-corrected chi connectivity index (χ1v) is 8.13. The van der Waals surface area contributed by atoms with Gasteiger partial charge in [0.2, 0.25) is 0 Å². The number of rotatable bonds is 5. The molecule has 134 valence electrons. The lowest BCUT2D eigenvalue weighted by atomic mass is 10.1. The summed E-state index contributed by atoms with van der Waals surface area (Å²) in [6.07, 6.45) is -4.72. The first kappa shape index (κ1) is 17.8. The Labute approximate surface area is 149 Å². The molecule has 3 rings (SSSR count). The largest absolute Gasteiger partial charge is 0.418 e. The topological polar surface area (TPSA) is 81.0 Å². The molecule has 0 saturated heterocycles. The number of nitro groups is 1. The molecule has 2 aromatic carbocycles. The van der Waals surface area contributed by atoms with Crippen LogP contribution in [0.3, 0.4) is 0 Å². The fourth-order valence-electron chi connectivity index (χ4n) is 2.23. The quantitative estimate of drug-likeness (QED) is 0.511. The van der Waals surface area contributed by atoms with E-state index in [0.29, 0.717) is 16.1 Å². The Morgan fingerprint density at radius 1 is 1.12 bits per heavy atom. The molecule has 0 aliphatic heterocycles. The zero-order valence-electron chi connectivity index (χ0n) is 13.0. The molecule has 0 amide bonds. The summed E-state index contributed by atoms with van der Waals surface area (Å²) in [5.74, 6) is 0. The minimum absolute atomic E-state index is 0.0192. The van der Waals surface area contributed by atoms with Gasteiger partial charge in [0, 0.05) is 23.4 Å². The Kier molecular flexibility index (Phi) is 4.85. The summed E-state index contributed by atoms with van der Waals surface area (Å²) in [4.78, 5) is 9.84. The third-order valence-electron chi connectivity index (χ3n) is 3.44. The third-order valence-corrected chi connectivity index (χ3v) is 4.41. The van der Waals surface area contributed by atoms with E-state index < -0.39 is 22.4 Å². The summed E-state index contributed by atoms with van der Waals surface area (Å²) in [6.45, 7) is 0.0192. The number of hydrogen-bond acceptors (Lipinski definition) is 6. The molecule has 26 heavy (non-hydrogen) atoms. The lowest BCUT2D eigenvalue weighted by Crippen LogP contribution is -2.11. The van der Waals surface area contributed by atoms with Gasteiger partial charge in [-0.05, 0) is 6.07 Å². The summed E-state index contributed by atoms with van der Waals surface area (Å²) in [5.41, 5.74) is -1.10. The molecule has 1 heterocycles. The molecular formula is C16H11F3N4O2S. The van der Waals surface area contributed by atoms with Gasteiger partial charge in [0.1, 0.15) is 10.0 Å². The Balaban J connectivity index is 1.80. The van der Waals surface area contributed by atoms with E-state index in [2.05, 4.69) is 15.5 Å². The first-order valence-electron chi connectivity index (χ1n) is 7.32. The van der Waals surface area contributed by atoms with Crippen LogP contribution in [0.15, 0.2) is 48.5 Å². The van der Waals surface area contributed by atoms with E-state index in [-0.39, 0.29) is 12.2 Å². The molecule has 10 heteroatoms. The second-order valence-electron chi connectivity index (χ2n) is 5.21. The summed E-state index contributed by atoms with van der Waals surface area (Å²) in [5, 5.41) is 22.5. The average molecular weight is 380 g/mol. The number of anilines is 1. The molecule has 3 aromatic rings. The van der Waals surface area contributed by atoms with Crippen LogP contribution >= 0.6 is 11.3 Å². The van der Waals surface area contributed by atoms with Gasteiger partial charge in [-0.3, -0.25) is 10.1 Å². The van der Waals surface area contributed by atoms with Gasteiger partial charge in [-0.2, -0.15) is 13.2 Å². The Morgan fingerprint density at radius 2 is 1.85 bits per heavy atom. The second-order valence-corrected chi connectivity index (χ2v) is 6.27. The van der Waals surface area contributed by atoms with Crippen molar-refractivity contribution in [1.82, 2.24) is 10.2 Å². The summed E-state index contributed by atoms with van der Waals surface area (Å²) in [6, 6.07) is 11.8. The normalized spacial score (nSPS) is 11.3. The molecule has 1 N–H and O–H groups in total. The standard InChI is InChI=1S/C16H11F3N4O2S/c17-16(18,19)12-8-11(23(24)25)6-7-13(12)20-9-14-21-22-15(26-14)10-4-2-1-3-5-10/h1-8,20H,9H2. The minimum atomic E-state index is -4.72. The van der Waals surface area contributed by atoms with E-state index >= 15 is 0 Å². The molecule has 0 spiro atoms. The Morgan fingerprint density at radius 3 is 2.50 bits per heavy atom. The predicted octanol–water partition coefficient (Wildman–Crippen LogP) is 4.74. The molecule has 6 nitrogen and oxygen atoms in total. The SMILES string of the molecule is O=[N+]([O-])c1ccc(NCc2nnc(-c3ccccc3)s2)c(C(F)(F)F)c1. The van der Waals surface area contributed by atoms with Crippen LogP contribution in [0, 0.1) is 10.1 Å². The van der Waals surface area contributed by atoms with Crippen molar-refractivity contribution < 1.29 is 18.1 Å². The Bertz CT molecular complexity index is 929. The zero-order chi connectivity index (χ0) is 18.7. The maximum Gasteiger partial charge on any atom is 0.418 e. The molecule has 1 aromatic heterocycles. The number of nitrogens with one attached hydrogen (secondary N) is 1. The predicted molar refractivity (Wildman–Crippen MR) is 90.8 cm³/mol. The van der Waals surface area contributed by atoms with Crippen molar-refractivity contribution in [2.24, 2.45) is 0 Å². The van der Waals surface area contributed by atoms with Gasteiger partial charge in [0.25, 0.3) is 5.69 Å². The molecular weight excluding hydrogens is 369 g/mol. The summed E-state index contributed by atoms with van der Waals surface area (Å²) in [7, 11) is 0. The van der Waals surface area contributed by atoms with Gasteiger partial charge in [-0.1, -0.05) is 41.7 Å². The Hall–Kier alpha value is -3.01. The monoisotopic (exact) mass is 380 g/mol. The molecule has 0 atom stereocenters. The summed E-state index contributed by atoms with van der Waals surface area (Å²) >= 11 is 1.25. The van der Waals surface area contributed by atoms with Gasteiger partial charge in [0.15, 0.2) is 0 Å². The van der Waals surface area contributed by atoms with Crippen molar-refractivity contribution in [1.29, 1.82) is 0 Å². The number of nitro benzene ring substituents is 1. The molecule has 0 aliphatic carbocycles. The molecule has 0 saturated carbocycles. The van der Waals surface area contributed by atoms with Gasteiger partial charge in [0.05, 0.1) is 17.0 Å². The average Bonchev–Trinajstić information content (AvgIpc) is 3.08. The second kappa shape index (κ2) is 7.08. The van der Waals surface area contributed by atoms with Crippen LogP contribution in [-0.2, 0) is 12.7 Å². The van der Waals surface area contributed by atoms with E-state index in [1.807, 2.05) is 30.3 Å². The van der Waals surface area contributed by atoms with Crippen LogP contribution in [-0.4, -0.2) is 15.1 Å². The van der Waals surface area contributed by atoms with Crippen molar-refractivity contribution in [3.63, 3.8) is 0 Å². The minimum Gasteiger partial charge on any atom is -0.378 e. The van der Waals surface area contributed by atoms with Gasteiger partial charge in [-0.25, -0.2) is 0 Å². The molecule has 0 bridgehead atoms. The van der Waals surface area contributed by atoms with Crippen LogP contribution in [0.5, 0.6) is 0 Å². The van der Waals surface area contributed by atoms with E-state index in [1.165, 1.54) is 11.3 Å². The number of alkyl halides is 3. The van der Waals surface area contributed by atoms with Crippen molar-refractivity contribution in [2.75, 3.05) is 5.32 Å². The fraction of sp³-hybridized carbons (Fsp3) is 0.125. The van der Waals surface area contributed by atoms with Crippen LogP contribution in [0.2, 0.25) is 0 Å².